The number of hydrogen-bond donors (Lipinski definition) is 1. The van der Waals surface area contributed by atoms with Crippen molar-refractivity contribution in [3.05, 3.63) is 35.9 Å². The van der Waals surface area contributed by atoms with E-state index in [9.17, 15) is 0 Å². The molecule has 1 aromatic rings. The van der Waals surface area contributed by atoms with Gasteiger partial charge in [-0.2, -0.15) is 0 Å². The molecule has 0 aliphatic heterocycles. The van der Waals surface area contributed by atoms with Gasteiger partial charge in [0.05, 0.1) is 5.75 Å². The Bertz CT molecular complexity index is 323. The lowest BCUT2D eigenvalue weighted by molar-refractivity contribution is 0.676. The van der Waals surface area contributed by atoms with E-state index in [1.807, 2.05) is 42.1 Å². The summed E-state index contributed by atoms with van der Waals surface area (Å²) in [6, 6.07) is 10.1. The van der Waals surface area contributed by atoms with Gasteiger partial charge in [0.2, 0.25) is 0 Å². The smallest absolute Gasteiger partial charge is 0.0551 e. The number of rotatable bonds is 4. The number of nitrogens with two attached hydrogens (primary N) is 1. The molecule has 1 rings (SSSR count). The highest BCUT2D eigenvalue weighted by Crippen LogP contribution is 2.05. The van der Waals surface area contributed by atoms with Crippen LogP contribution in [-0.4, -0.2) is 18.1 Å². The van der Waals surface area contributed by atoms with Crippen LogP contribution in [0.3, 0.4) is 0 Å². The highest BCUT2D eigenvalue weighted by molar-refractivity contribution is 7.99. The van der Waals surface area contributed by atoms with Crippen LogP contribution in [0.4, 0.5) is 0 Å². The molecule has 0 radical (unpaired) electrons. The van der Waals surface area contributed by atoms with Crippen molar-refractivity contribution in [1.82, 2.24) is 0 Å². The van der Waals surface area contributed by atoms with Gasteiger partial charge in [-0.1, -0.05) is 37.0 Å². The summed E-state index contributed by atoms with van der Waals surface area (Å²) in [5.41, 5.74) is 6.62. The van der Waals surface area contributed by atoms with Crippen LogP contribution in [0.1, 0.15) is 12.5 Å². The van der Waals surface area contributed by atoms with Crippen molar-refractivity contribution in [2.75, 3.05) is 18.1 Å². The maximum absolute atomic E-state index is 5.53. The maximum Gasteiger partial charge on any atom is 0.0551 e. The topological polar surface area (TPSA) is 26.0 Å². The Hall–Kier alpha value is -0.910. The highest BCUT2D eigenvalue weighted by Gasteiger charge is 1.96. The summed E-state index contributed by atoms with van der Waals surface area (Å²) in [4.78, 5) is 0. The summed E-state index contributed by atoms with van der Waals surface area (Å²) in [7, 11) is 0. The van der Waals surface area contributed by atoms with Gasteiger partial charge in [0.25, 0.3) is 0 Å². The average molecular weight is 219 g/mol. The lowest BCUT2D eigenvalue weighted by Crippen LogP contribution is -2.12. The first-order valence-corrected chi connectivity index (χ1v) is 6.30. The van der Waals surface area contributed by atoms with Gasteiger partial charge in [-0.15, -0.1) is 11.8 Å². The van der Waals surface area contributed by atoms with Crippen LogP contribution in [0.15, 0.2) is 30.3 Å². The molecule has 0 amide bonds. The average Bonchev–Trinajstić information content (AvgIpc) is 2.29. The van der Waals surface area contributed by atoms with Gasteiger partial charge >= 0.3 is 0 Å². The van der Waals surface area contributed by atoms with Crippen molar-refractivity contribution in [2.45, 2.75) is 6.92 Å². The molecule has 80 valence electrons. The van der Waals surface area contributed by atoms with Gasteiger partial charge in [0.15, 0.2) is 0 Å². The molecule has 0 saturated heterocycles. The van der Waals surface area contributed by atoms with E-state index in [1.165, 1.54) is 0 Å². The number of hydrogen-bond acceptors (Lipinski definition) is 2. The third-order valence-electron chi connectivity index (χ3n) is 1.99. The van der Waals surface area contributed by atoms with Crippen LogP contribution in [0.5, 0.6) is 0 Å². The van der Waals surface area contributed by atoms with Gasteiger partial charge in [-0.3, -0.25) is 0 Å². The highest BCUT2D eigenvalue weighted by atomic mass is 32.2. The zero-order valence-electron chi connectivity index (χ0n) is 9.07. The van der Waals surface area contributed by atoms with Crippen LogP contribution in [-0.2, 0) is 0 Å². The van der Waals surface area contributed by atoms with E-state index in [-0.39, 0.29) is 0 Å². The van der Waals surface area contributed by atoms with E-state index < -0.39 is 0 Å². The molecular formula is C13H17NS. The molecule has 0 aliphatic carbocycles. The van der Waals surface area contributed by atoms with Gasteiger partial charge in [-0.05, 0) is 30.3 Å². The van der Waals surface area contributed by atoms with Crippen LogP contribution < -0.4 is 5.73 Å². The quantitative estimate of drug-likeness (QED) is 0.621. The van der Waals surface area contributed by atoms with Crippen molar-refractivity contribution >= 4 is 11.8 Å². The minimum absolute atomic E-state index is 0.591. The number of thioether (sulfide) groups is 1. The van der Waals surface area contributed by atoms with Gasteiger partial charge in [0, 0.05) is 5.56 Å². The van der Waals surface area contributed by atoms with E-state index >= 15 is 0 Å². The summed E-state index contributed by atoms with van der Waals surface area (Å²) in [5.74, 6) is 8.86. The molecule has 2 N–H and O–H groups in total. The lowest BCUT2D eigenvalue weighted by atomic mass is 10.2. The van der Waals surface area contributed by atoms with Crippen LogP contribution in [0.2, 0.25) is 0 Å². The van der Waals surface area contributed by atoms with Crippen molar-refractivity contribution in [1.29, 1.82) is 0 Å². The summed E-state index contributed by atoms with van der Waals surface area (Å²) in [6.45, 7) is 2.93. The molecule has 1 unspecified atom stereocenters. The monoisotopic (exact) mass is 219 g/mol. The zero-order valence-corrected chi connectivity index (χ0v) is 9.89. The first-order chi connectivity index (χ1) is 7.33. The Morgan fingerprint density at radius 1 is 1.33 bits per heavy atom. The van der Waals surface area contributed by atoms with Gasteiger partial charge < -0.3 is 5.73 Å². The first-order valence-electron chi connectivity index (χ1n) is 5.14. The fraction of sp³-hybridized carbons (Fsp3) is 0.385. The molecule has 1 aromatic carbocycles. The molecule has 1 atom stereocenters. The fourth-order valence-electron chi connectivity index (χ4n) is 1.04. The minimum Gasteiger partial charge on any atom is -0.330 e. The second-order valence-corrected chi connectivity index (χ2v) is 4.55. The van der Waals surface area contributed by atoms with E-state index in [0.717, 1.165) is 23.6 Å². The summed E-state index contributed by atoms with van der Waals surface area (Å²) in [5, 5.41) is 0. The molecule has 15 heavy (non-hydrogen) atoms. The Morgan fingerprint density at radius 3 is 2.73 bits per heavy atom. The molecular weight excluding hydrogens is 202 g/mol. The Morgan fingerprint density at radius 2 is 2.07 bits per heavy atom. The van der Waals surface area contributed by atoms with E-state index in [0.29, 0.717) is 5.92 Å². The van der Waals surface area contributed by atoms with Gasteiger partial charge in [0.1, 0.15) is 0 Å². The molecule has 0 saturated carbocycles. The Labute approximate surface area is 96.4 Å². The Kier molecular flexibility index (Phi) is 5.99. The third kappa shape index (κ3) is 5.51. The van der Waals surface area contributed by atoms with Crippen LogP contribution >= 0.6 is 11.8 Å². The molecule has 0 bridgehead atoms. The molecule has 0 heterocycles. The van der Waals surface area contributed by atoms with E-state index in [4.69, 9.17) is 5.73 Å². The van der Waals surface area contributed by atoms with Gasteiger partial charge in [-0.25, -0.2) is 0 Å². The molecule has 2 heteroatoms. The largest absolute Gasteiger partial charge is 0.330 e. The molecule has 1 nitrogen and oxygen atoms in total. The second-order valence-electron chi connectivity index (χ2n) is 3.52. The van der Waals surface area contributed by atoms with E-state index in [1.54, 1.807) is 0 Å². The first kappa shape index (κ1) is 12.2. The normalized spacial score (nSPS) is 11.6. The predicted octanol–water partition coefficient (Wildman–Crippen LogP) is 2.37. The van der Waals surface area contributed by atoms with Crippen molar-refractivity contribution in [3.63, 3.8) is 0 Å². The molecule has 0 spiro atoms. The summed E-state index contributed by atoms with van der Waals surface area (Å²) >= 11 is 1.85. The lowest BCUT2D eigenvalue weighted by Gasteiger charge is -2.04. The third-order valence-corrected chi connectivity index (χ3v) is 3.14. The Balaban J connectivity index is 2.23. The van der Waals surface area contributed by atoms with E-state index in [2.05, 4.69) is 18.8 Å². The number of benzene rings is 1. The van der Waals surface area contributed by atoms with Crippen LogP contribution in [0.25, 0.3) is 0 Å². The zero-order chi connectivity index (χ0) is 10.9. The standard InChI is InChI=1S/C13H17NS/c1-12(10-14)11-15-9-5-8-13-6-3-2-4-7-13/h2-4,6-7,12H,9-11,14H2,1H3. The molecule has 0 aliphatic rings. The molecule has 0 fully saturated rings. The predicted molar refractivity (Wildman–Crippen MR) is 68.9 cm³/mol. The fourth-order valence-corrected chi connectivity index (χ4v) is 1.87. The maximum atomic E-state index is 5.53. The second kappa shape index (κ2) is 7.39. The minimum atomic E-state index is 0.591. The summed E-state index contributed by atoms with van der Waals surface area (Å²) < 4.78 is 0. The van der Waals surface area contributed by atoms with Crippen molar-refractivity contribution in [3.8, 4) is 11.8 Å². The SMILES string of the molecule is CC(CN)CSCC#Cc1ccccc1. The summed E-state index contributed by atoms with van der Waals surface area (Å²) in [6.07, 6.45) is 0. The van der Waals surface area contributed by atoms with Crippen molar-refractivity contribution < 1.29 is 0 Å². The van der Waals surface area contributed by atoms with Crippen LogP contribution in [0, 0.1) is 17.8 Å². The molecule has 0 aromatic heterocycles. The van der Waals surface area contributed by atoms with Crippen molar-refractivity contribution in [2.24, 2.45) is 11.7 Å².